The molecule has 2 amide bonds. The van der Waals surface area contributed by atoms with Gasteiger partial charge in [-0.1, -0.05) is 18.6 Å². The Balaban J connectivity index is 1.33. The first kappa shape index (κ1) is 63.6. The molecule has 1 atom stereocenters. The molecule has 1 fully saturated rings. The summed E-state index contributed by atoms with van der Waals surface area (Å²) in [6, 6.07) is 10.3. The van der Waals surface area contributed by atoms with Crippen LogP contribution >= 0.6 is 21.1 Å². The van der Waals surface area contributed by atoms with Crippen LogP contribution in [0.4, 0.5) is 11.4 Å². The van der Waals surface area contributed by atoms with Crippen LogP contribution in [-0.2, 0) is 82.8 Å². The lowest BCUT2D eigenvalue weighted by Crippen LogP contribution is -2.32. The minimum atomic E-state index is -4.63. The number of carbonyl (C=O) groups is 3. The standard InChI is InChI=1S/C52H74IN3O19S2/c1-52(19-8-38-76(60,61)62)45-40-43(77(63,64)65)13-15-46(45)55(21-6-4-5-11-51(59)75-56-49(57)16-17-50(56)58)48(52)10-7-9-41-18-20-53-74-47-39-42(12-14-44(41)47)54(22-24-68-30-32-72-36-34-70-28-26-66-2)23-25-69-31-33-73-37-35-71-29-27-67-3/h7,9-10,12-15,18,20,39-40H,4-6,8,11,16-17,19,21-38H2,1-3H3,(H,60,61,62)(H,63,64,65)/b9-7+,48-10+. The first-order valence-electron chi connectivity index (χ1n) is 25.5. The average molecular weight is 1240 g/mol. The van der Waals surface area contributed by atoms with Crippen LogP contribution in [0.15, 0.2) is 71.3 Å². The third-order valence-electron chi connectivity index (χ3n) is 12.5. The van der Waals surface area contributed by atoms with E-state index >= 15 is 0 Å². The Morgan fingerprint density at radius 3 is 1.91 bits per heavy atom. The number of halogens is 1. The van der Waals surface area contributed by atoms with Crippen LogP contribution in [0.2, 0.25) is 0 Å². The number of hydrogen-bond donors (Lipinski definition) is 2. The summed E-state index contributed by atoms with van der Waals surface area (Å²) in [5.74, 6) is -1.68. The molecule has 0 saturated carbocycles. The van der Waals surface area contributed by atoms with E-state index in [-0.39, 0.29) is 37.0 Å². The van der Waals surface area contributed by atoms with Crippen molar-refractivity contribution in [1.29, 1.82) is 0 Å². The van der Waals surface area contributed by atoms with Crippen molar-refractivity contribution in [2.75, 3.05) is 142 Å². The fourth-order valence-corrected chi connectivity index (χ4v) is 10.9. The molecule has 3 aliphatic heterocycles. The van der Waals surface area contributed by atoms with Crippen molar-refractivity contribution in [3.8, 4) is 5.75 Å². The molecule has 430 valence electrons. The van der Waals surface area contributed by atoms with Crippen molar-refractivity contribution in [1.82, 2.24) is 5.06 Å². The second-order valence-corrected chi connectivity index (χ2v) is 22.7. The van der Waals surface area contributed by atoms with E-state index in [4.69, 9.17) is 45.8 Å². The first-order chi connectivity index (χ1) is 37.1. The minimum Gasteiger partial charge on any atom is -0.435 e. The van der Waals surface area contributed by atoms with Crippen molar-refractivity contribution in [3.05, 3.63) is 77.5 Å². The SMILES string of the molecule is COCCOCCOCCOCCN(CCOCCOCCOCCOC)c1ccc2c(c1)OI=CC=C2/C=C/C=C1/N(CCCCCC(=O)ON2C(=O)CCC2=O)c2ccc(S(=O)(=O)O)cc2C1(C)CCCS(=O)(=O)O. The number of amides is 2. The van der Waals surface area contributed by atoms with E-state index in [1.165, 1.54) is 12.1 Å². The van der Waals surface area contributed by atoms with Gasteiger partial charge in [-0.25, -0.2) is 4.79 Å². The van der Waals surface area contributed by atoms with Gasteiger partial charge >= 0.3 is 5.97 Å². The molecule has 22 nitrogen and oxygen atoms in total. The molecular weight excluding hydrogens is 1160 g/mol. The number of imide groups is 1. The third kappa shape index (κ3) is 21.4. The number of rotatable bonds is 39. The van der Waals surface area contributed by atoms with E-state index in [0.29, 0.717) is 159 Å². The van der Waals surface area contributed by atoms with E-state index in [2.05, 4.69) is 4.90 Å². The number of carbonyl (C=O) groups excluding carboxylic acids is 3. The van der Waals surface area contributed by atoms with Gasteiger partial charge in [-0.05, 0) is 86.2 Å². The largest absolute Gasteiger partial charge is 0.435 e. The quantitative estimate of drug-likeness (QED) is 0.0355. The summed E-state index contributed by atoms with van der Waals surface area (Å²) >= 11 is -0.834. The van der Waals surface area contributed by atoms with Crippen molar-refractivity contribution in [2.24, 2.45) is 0 Å². The smallest absolute Gasteiger partial charge is 0.333 e. The fraction of sp³-hybridized carbons (Fsp3) is 0.577. The molecule has 2 N–H and O–H groups in total. The topological polar surface area (TPSA) is 262 Å². The monoisotopic (exact) mass is 1240 g/mol. The fourth-order valence-electron chi connectivity index (χ4n) is 8.57. The van der Waals surface area contributed by atoms with Gasteiger partial charge in [-0.2, -0.15) is 16.8 Å². The summed E-state index contributed by atoms with van der Waals surface area (Å²) in [5, 5.41) is 0.519. The van der Waals surface area contributed by atoms with Crippen molar-refractivity contribution in [2.45, 2.75) is 68.6 Å². The second-order valence-electron chi connectivity index (χ2n) is 18.0. The Morgan fingerprint density at radius 2 is 1.34 bits per heavy atom. The van der Waals surface area contributed by atoms with Gasteiger partial charge in [0, 0.05) is 91.2 Å². The Morgan fingerprint density at radius 1 is 0.753 bits per heavy atom. The Kier molecular flexibility index (Phi) is 27.6. The number of methoxy groups -OCH3 is 2. The van der Waals surface area contributed by atoms with Crippen LogP contribution in [0.3, 0.4) is 0 Å². The molecule has 0 aromatic heterocycles. The molecule has 3 aliphatic rings. The molecule has 2 aromatic rings. The molecule has 0 spiro atoms. The van der Waals surface area contributed by atoms with E-state index in [0.717, 1.165) is 16.8 Å². The van der Waals surface area contributed by atoms with Gasteiger partial charge in [0.05, 0.1) is 103 Å². The van der Waals surface area contributed by atoms with Gasteiger partial charge in [0.15, 0.2) is 0 Å². The zero-order valence-electron chi connectivity index (χ0n) is 44.1. The Labute approximate surface area is 462 Å². The molecule has 1 saturated heterocycles. The lowest BCUT2D eigenvalue weighted by Gasteiger charge is -2.30. The van der Waals surface area contributed by atoms with Crippen LogP contribution in [0, 0.1) is 0 Å². The molecule has 1 unspecified atom stereocenters. The van der Waals surface area contributed by atoms with Gasteiger partial charge in [-0.3, -0.25) is 18.7 Å². The van der Waals surface area contributed by atoms with Crippen molar-refractivity contribution < 1.29 is 86.1 Å². The van der Waals surface area contributed by atoms with Crippen molar-refractivity contribution in [3.63, 3.8) is 0 Å². The van der Waals surface area contributed by atoms with E-state index in [1.807, 2.05) is 58.3 Å². The number of allylic oxidation sites excluding steroid dienone is 6. The first-order valence-corrected chi connectivity index (χ1v) is 30.7. The van der Waals surface area contributed by atoms with Crippen LogP contribution in [-0.4, -0.2) is 185 Å². The highest BCUT2D eigenvalue weighted by atomic mass is 127. The number of nitrogens with zero attached hydrogens (tertiary/aromatic N) is 3. The maximum atomic E-state index is 12.5. The highest BCUT2D eigenvalue weighted by Crippen LogP contribution is 2.51. The van der Waals surface area contributed by atoms with Gasteiger partial charge in [0.1, 0.15) is 26.9 Å². The summed E-state index contributed by atoms with van der Waals surface area (Å²) < 4.78 is 121. The van der Waals surface area contributed by atoms with Crippen LogP contribution < -0.4 is 12.9 Å². The number of anilines is 2. The zero-order valence-corrected chi connectivity index (χ0v) is 47.9. The number of hydroxylamine groups is 2. The summed E-state index contributed by atoms with van der Waals surface area (Å²) in [6.07, 6.45) is 9.26. The molecular formula is C52H74IN3O19S2. The molecule has 77 heavy (non-hydrogen) atoms. The average Bonchev–Trinajstić information content (AvgIpc) is 3.82. The summed E-state index contributed by atoms with van der Waals surface area (Å²) in [4.78, 5) is 45.3. The van der Waals surface area contributed by atoms with Gasteiger partial charge < -0.3 is 55.6 Å². The Bertz CT molecular complexity index is 2540. The maximum Gasteiger partial charge on any atom is 0.333 e. The van der Waals surface area contributed by atoms with Gasteiger partial charge in [0.25, 0.3) is 32.1 Å². The highest BCUT2D eigenvalue weighted by molar-refractivity contribution is 14.2. The molecule has 0 aliphatic carbocycles. The molecule has 0 radical (unpaired) electrons. The van der Waals surface area contributed by atoms with E-state index < -0.39 is 70.3 Å². The molecule has 25 heteroatoms. The van der Waals surface area contributed by atoms with E-state index in [1.54, 1.807) is 20.3 Å². The van der Waals surface area contributed by atoms with Crippen LogP contribution in [0.1, 0.15) is 69.4 Å². The third-order valence-corrected chi connectivity index (χ3v) is 15.5. The lowest BCUT2D eigenvalue weighted by molar-refractivity contribution is -0.197. The second kappa shape index (κ2) is 33.4. The highest BCUT2D eigenvalue weighted by Gasteiger charge is 2.44. The Hall–Kier alpha value is -4.23. The predicted octanol–water partition coefficient (Wildman–Crippen LogP) is 5.65. The van der Waals surface area contributed by atoms with Gasteiger partial charge in [0.2, 0.25) is 0 Å². The summed E-state index contributed by atoms with van der Waals surface area (Å²) in [5.41, 5.74) is 3.45. The van der Waals surface area contributed by atoms with Crippen LogP contribution in [0.25, 0.3) is 5.57 Å². The minimum absolute atomic E-state index is 0.0139. The van der Waals surface area contributed by atoms with Crippen LogP contribution in [0.5, 0.6) is 5.75 Å². The molecule has 0 bridgehead atoms. The van der Waals surface area contributed by atoms with E-state index in [9.17, 15) is 40.3 Å². The number of hydrogen-bond acceptors (Lipinski definition) is 19. The number of unbranched alkanes of at least 4 members (excludes halogenated alkanes) is 2. The number of fused-ring (bicyclic) bond motifs is 2. The van der Waals surface area contributed by atoms with Gasteiger partial charge in [-0.15, -0.1) is 5.06 Å². The number of ether oxygens (including phenoxy) is 8. The molecule has 5 rings (SSSR count). The summed E-state index contributed by atoms with van der Waals surface area (Å²) in [7, 11) is -5.73. The predicted molar refractivity (Wildman–Crippen MR) is 295 cm³/mol. The molecule has 2 aromatic carbocycles. The lowest BCUT2D eigenvalue weighted by atomic mass is 9.77. The summed E-state index contributed by atoms with van der Waals surface area (Å²) in [6.45, 7) is 9.75. The zero-order chi connectivity index (χ0) is 55.5. The normalized spacial score (nSPS) is 17.2. The number of benzene rings is 2. The molecule has 3 heterocycles. The van der Waals surface area contributed by atoms with Crippen molar-refractivity contribution >= 4 is 80.1 Å². The maximum absolute atomic E-state index is 12.5.